The van der Waals surface area contributed by atoms with Crippen molar-refractivity contribution < 1.29 is 9.18 Å². The molecule has 1 amide bonds. The lowest BCUT2D eigenvalue weighted by atomic mass is 10.1. The normalized spacial score (nSPS) is 16.3. The molecule has 0 aromatic heterocycles. The molecule has 1 atom stereocenters. The van der Waals surface area contributed by atoms with Crippen LogP contribution < -0.4 is 10.6 Å². The second-order valence-electron chi connectivity index (χ2n) is 5.68. The van der Waals surface area contributed by atoms with Crippen LogP contribution in [0.5, 0.6) is 0 Å². The lowest BCUT2D eigenvalue weighted by Gasteiger charge is -2.37. The van der Waals surface area contributed by atoms with Crippen LogP contribution >= 0.6 is 0 Å². The minimum absolute atomic E-state index is 0.0463. The first-order valence-electron chi connectivity index (χ1n) is 7.75. The molecule has 120 valence electrons. The topological polar surface area (TPSA) is 49.6 Å². The van der Waals surface area contributed by atoms with Gasteiger partial charge in [0.25, 0.3) is 0 Å². The zero-order valence-corrected chi connectivity index (χ0v) is 12.9. The number of rotatable bonds is 3. The van der Waals surface area contributed by atoms with Crippen LogP contribution in [0.15, 0.2) is 54.6 Å². The molecule has 0 saturated carbocycles. The molecule has 4 nitrogen and oxygen atoms in total. The summed E-state index contributed by atoms with van der Waals surface area (Å²) in [6.45, 7) is 2.69. The lowest BCUT2D eigenvalue weighted by molar-refractivity contribution is -0.133. The second kappa shape index (κ2) is 6.79. The van der Waals surface area contributed by atoms with Crippen LogP contribution in [0.1, 0.15) is 11.6 Å². The fourth-order valence-corrected chi connectivity index (χ4v) is 2.84. The van der Waals surface area contributed by atoms with Crippen LogP contribution in [0.4, 0.5) is 10.1 Å². The number of halogens is 1. The highest BCUT2D eigenvalue weighted by Gasteiger charge is 2.26. The summed E-state index contributed by atoms with van der Waals surface area (Å²) in [6, 6.07) is 15.2. The third kappa shape index (κ3) is 3.51. The van der Waals surface area contributed by atoms with Gasteiger partial charge in [-0.25, -0.2) is 4.39 Å². The first-order valence-corrected chi connectivity index (χ1v) is 7.75. The molecule has 1 heterocycles. The van der Waals surface area contributed by atoms with Gasteiger partial charge in [-0.05, 0) is 29.8 Å². The average molecular weight is 313 g/mol. The Bertz CT molecular complexity index is 652. The fraction of sp³-hybridized carbons (Fsp3) is 0.278. The molecule has 23 heavy (non-hydrogen) atoms. The van der Waals surface area contributed by atoms with Gasteiger partial charge in [0.2, 0.25) is 5.91 Å². The molecule has 1 aliphatic heterocycles. The highest BCUT2D eigenvalue weighted by molar-refractivity contribution is 5.83. The van der Waals surface area contributed by atoms with Gasteiger partial charge in [-0.1, -0.05) is 30.3 Å². The van der Waals surface area contributed by atoms with E-state index in [1.54, 1.807) is 17.0 Å². The van der Waals surface area contributed by atoms with Gasteiger partial charge >= 0.3 is 0 Å². The number of hydrogen-bond acceptors (Lipinski definition) is 3. The number of nitrogens with zero attached hydrogens (tertiary/aromatic N) is 2. The third-order valence-corrected chi connectivity index (χ3v) is 4.21. The van der Waals surface area contributed by atoms with E-state index in [4.69, 9.17) is 5.73 Å². The monoisotopic (exact) mass is 313 g/mol. The van der Waals surface area contributed by atoms with Crippen LogP contribution in [0.25, 0.3) is 0 Å². The van der Waals surface area contributed by atoms with Crippen LogP contribution in [-0.2, 0) is 4.79 Å². The molecule has 0 aliphatic carbocycles. The molecular formula is C18H20FN3O. The zero-order chi connectivity index (χ0) is 16.2. The van der Waals surface area contributed by atoms with E-state index in [9.17, 15) is 9.18 Å². The van der Waals surface area contributed by atoms with E-state index in [2.05, 4.69) is 4.90 Å². The molecule has 0 bridgehead atoms. The summed E-state index contributed by atoms with van der Waals surface area (Å²) in [6.07, 6.45) is 0. The van der Waals surface area contributed by atoms with Crippen molar-refractivity contribution in [1.29, 1.82) is 0 Å². The fourth-order valence-electron chi connectivity index (χ4n) is 2.84. The quantitative estimate of drug-likeness (QED) is 0.945. The standard InChI is InChI=1S/C18H20FN3O/c19-15-6-8-16(9-7-15)21-10-12-22(13-11-21)18(23)17(20)14-4-2-1-3-5-14/h1-9,17H,10-13,20H2. The van der Waals surface area contributed by atoms with Gasteiger partial charge in [-0.2, -0.15) is 0 Å². The summed E-state index contributed by atoms with van der Waals surface area (Å²) in [5, 5.41) is 0. The van der Waals surface area contributed by atoms with Crippen molar-refractivity contribution in [2.45, 2.75) is 6.04 Å². The Kier molecular flexibility index (Phi) is 4.57. The number of nitrogens with two attached hydrogens (primary N) is 1. The molecule has 0 radical (unpaired) electrons. The molecule has 0 spiro atoms. The Morgan fingerprint density at radius 3 is 2.17 bits per heavy atom. The van der Waals surface area contributed by atoms with Crippen molar-refractivity contribution in [2.24, 2.45) is 5.73 Å². The molecule has 1 fully saturated rings. The summed E-state index contributed by atoms with van der Waals surface area (Å²) in [4.78, 5) is 16.5. The summed E-state index contributed by atoms with van der Waals surface area (Å²) in [5.41, 5.74) is 7.89. The Morgan fingerprint density at radius 2 is 1.57 bits per heavy atom. The van der Waals surface area contributed by atoms with Crippen LogP contribution in [0, 0.1) is 5.82 Å². The van der Waals surface area contributed by atoms with Gasteiger partial charge in [0.1, 0.15) is 11.9 Å². The van der Waals surface area contributed by atoms with E-state index in [1.807, 2.05) is 30.3 Å². The number of hydrogen-bond donors (Lipinski definition) is 1. The van der Waals surface area contributed by atoms with E-state index in [0.29, 0.717) is 13.1 Å². The van der Waals surface area contributed by atoms with Gasteiger partial charge in [0.05, 0.1) is 0 Å². The number of carbonyl (C=O) groups is 1. The van der Waals surface area contributed by atoms with Gasteiger partial charge in [-0.3, -0.25) is 4.79 Å². The van der Waals surface area contributed by atoms with Gasteiger partial charge in [-0.15, -0.1) is 0 Å². The van der Waals surface area contributed by atoms with E-state index in [-0.39, 0.29) is 11.7 Å². The minimum atomic E-state index is -0.617. The molecule has 1 unspecified atom stereocenters. The first-order chi connectivity index (χ1) is 11.1. The summed E-state index contributed by atoms with van der Waals surface area (Å²) in [5.74, 6) is -0.286. The van der Waals surface area contributed by atoms with Crippen molar-refractivity contribution in [1.82, 2.24) is 4.90 Å². The average Bonchev–Trinajstić information content (AvgIpc) is 2.62. The van der Waals surface area contributed by atoms with Crippen molar-refractivity contribution in [2.75, 3.05) is 31.1 Å². The summed E-state index contributed by atoms with van der Waals surface area (Å²) >= 11 is 0. The van der Waals surface area contributed by atoms with Crippen LogP contribution in [0.3, 0.4) is 0 Å². The smallest absolute Gasteiger partial charge is 0.244 e. The lowest BCUT2D eigenvalue weighted by Crippen LogP contribution is -2.51. The van der Waals surface area contributed by atoms with Gasteiger partial charge in [0, 0.05) is 31.9 Å². The van der Waals surface area contributed by atoms with E-state index in [0.717, 1.165) is 24.3 Å². The maximum Gasteiger partial charge on any atom is 0.244 e. The van der Waals surface area contributed by atoms with Crippen molar-refractivity contribution in [3.8, 4) is 0 Å². The molecule has 1 aliphatic rings. The maximum absolute atomic E-state index is 13.0. The largest absolute Gasteiger partial charge is 0.368 e. The highest BCUT2D eigenvalue weighted by Crippen LogP contribution is 2.19. The van der Waals surface area contributed by atoms with Gasteiger partial charge in [0.15, 0.2) is 0 Å². The molecule has 1 saturated heterocycles. The first kappa shape index (κ1) is 15.5. The predicted octanol–water partition coefficient (Wildman–Crippen LogP) is 2.17. The highest BCUT2D eigenvalue weighted by atomic mass is 19.1. The minimum Gasteiger partial charge on any atom is -0.368 e. The zero-order valence-electron chi connectivity index (χ0n) is 12.9. The number of benzene rings is 2. The van der Waals surface area contributed by atoms with E-state index >= 15 is 0 Å². The van der Waals surface area contributed by atoms with Gasteiger partial charge < -0.3 is 15.5 Å². The molecule has 2 aromatic rings. The van der Waals surface area contributed by atoms with Crippen molar-refractivity contribution >= 4 is 11.6 Å². The number of piperazine rings is 1. The summed E-state index contributed by atoms with van der Waals surface area (Å²) < 4.78 is 13.0. The van der Waals surface area contributed by atoms with Crippen molar-refractivity contribution in [3.63, 3.8) is 0 Å². The molecule has 2 aromatic carbocycles. The number of amides is 1. The molecule has 2 N–H and O–H groups in total. The third-order valence-electron chi connectivity index (χ3n) is 4.21. The van der Waals surface area contributed by atoms with Crippen LogP contribution in [-0.4, -0.2) is 37.0 Å². The Morgan fingerprint density at radius 1 is 0.957 bits per heavy atom. The Labute approximate surface area is 135 Å². The SMILES string of the molecule is NC(C(=O)N1CCN(c2ccc(F)cc2)CC1)c1ccccc1. The molecular weight excluding hydrogens is 293 g/mol. The van der Waals surface area contributed by atoms with Crippen molar-refractivity contribution in [3.05, 3.63) is 66.0 Å². The van der Waals surface area contributed by atoms with Crippen LogP contribution in [0.2, 0.25) is 0 Å². The van der Waals surface area contributed by atoms with E-state index < -0.39 is 6.04 Å². The Hall–Kier alpha value is -2.40. The molecule has 5 heteroatoms. The summed E-state index contributed by atoms with van der Waals surface area (Å²) in [7, 11) is 0. The Balaban J connectivity index is 1.60. The second-order valence-corrected chi connectivity index (χ2v) is 5.68. The predicted molar refractivity (Wildman–Crippen MR) is 88.6 cm³/mol. The number of anilines is 1. The van der Waals surface area contributed by atoms with E-state index in [1.165, 1.54) is 12.1 Å². The maximum atomic E-state index is 13.0. The number of carbonyl (C=O) groups excluding carboxylic acids is 1. The molecule has 3 rings (SSSR count).